The molecular formula is C8H11BrN2O2. The highest BCUT2D eigenvalue weighted by Crippen LogP contribution is 2.11. The van der Waals surface area contributed by atoms with Crippen molar-refractivity contribution in [2.45, 2.75) is 6.92 Å². The molecule has 0 spiro atoms. The van der Waals surface area contributed by atoms with Crippen molar-refractivity contribution in [3.63, 3.8) is 0 Å². The van der Waals surface area contributed by atoms with Crippen molar-refractivity contribution < 1.29 is 9.59 Å². The molecule has 0 aliphatic carbocycles. The van der Waals surface area contributed by atoms with Crippen LogP contribution < -0.4 is 5.32 Å². The highest BCUT2D eigenvalue weighted by Gasteiger charge is 2.28. The molecule has 1 fully saturated rings. The van der Waals surface area contributed by atoms with Gasteiger partial charge in [0, 0.05) is 11.0 Å². The Balaban J connectivity index is 2.61. The molecule has 0 radical (unpaired) electrons. The van der Waals surface area contributed by atoms with E-state index in [1.54, 1.807) is 11.8 Å². The Morgan fingerprint density at radius 3 is 2.92 bits per heavy atom. The van der Waals surface area contributed by atoms with Gasteiger partial charge < -0.3 is 4.90 Å². The van der Waals surface area contributed by atoms with E-state index in [-0.39, 0.29) is 17.9 Å². The second kappa shape index (κ2) is 3.91. The van der Waals surface area contributed by atoms with Crippen LogP contribution in [0.4, 0.5) is 4.79 Å². The van der Waals surface area contributed by atoms with Crippen LogP contribution in [0.5, 0.6) is 0 Å². The maximum atomic E-state index is 11.2. The van der Waals surface area contributed by atoms with Gasteiger partial charge in [-0.25, -0.2) is 4.79 Å². The van der Waals surface area contributed by atoms with Crippen LogP contribution >= 0.6 is 15.9 Å². The number of urea groups is 1. The number of nitrogens with zero attached hydrogens (tertiary/aromatic N) is 1. The van der Waals surface area contributed by atoms with Crippen LogP contribution in [0.25, 0.3) is 0 Å². The Kier molecular flexibility index (Phi) is 3.08. The van der Waals surface area contributed by atoms with Crippen LogP contribution in [0.15, 0.2) is 11.1 Å². The SMILES string of the molecule is C=C(Br)CN1CC(C)C(=O)NC1=O. The van der Waals surface area contributed by atoms with E-state index in [4.69, 9.17) is 0 Å². The van der Waals surface area contributed by atoms with Crippen molar-refractivity contribution >= 4 is 27.9 Å². The number of amides is 3. The number of imide groups is 1. The summed E-state index contributed by atoms with van der Waals surface area (Å²) >= 11 is 3.17. The molecule has 1 rings (SSSR count). The molecule has 1 atom stereocenters. The summed E-state index contributed by atoms with van der Waals surface area (Å²) < 4.78 is 0.726. The number of carbonyl (C=O) groups excluding carboxylic acids is 2. The number of hydrogen-bond donors (Lipinski definition) is 1. The van der Waals surface area contributed by atoms with Crippen LogP contribution in [0.2, 0.25) is 0 Å². The first kappa shape index (κ1) is 10.2. The van der Waals surface area contributed by atoms with Gasteiger partial charge in [0.1, 0.15) is 0 Å². The van der Waals surface area contributed by atoms with Gasteiger partial charge in [0.15, 0.2) is 0 Å². The Hall–Kier alpha value is -0.840. The third kappa shape index (κ3) is 2.55. The molecule has 1 aliphatic rings. The molecular weight excluding hydrogens is 236 g/mol. The first-order chi connectivity index (χ1) is 6.00. The lowest BCUT2D eigenvalue weighted by atomic mass is 10.1. The number of halogens is 1. The second-order valence-electron chi connectivity index (χ2n) is 3.09. The molecule has 4 nitrogen and oxygen atoms in total. The number of hydrogen-bond acceptors (Lipinski definition) is 2. The van der Waals surface area contributed by atoms with E-state index in [9.17, 15) is 9.59 Å². The maximum Gasteiger partial charge on any atom is 0.324 e. The maximum absolute atomic E-state index is 11.2. The summed E-state index contributed by atoms with van der Waals surface area (Å²) in [5.74, 6) is -0.356. The smallest absolute Gasteiger partial charge is 0.319 e. The lowest BCUT2D eigenvalue weighted by Gasteiger charge is -2.29. The molecule has 0 saturated carbocycles. The molecule has 5 heteroatoms. The van der Waals surface area contributed by atoms with E-state index < -0.39 is 0 Å². The molecule has 0 aromatic heterocycles. The summed E-state index contributed by atoms with van der Waals surface area (Å²) in [4.78, 5) is 23.8. The zero-order valence-corrected chi connectivity index (χ0v) is 8.93. The van der Waals surface area contributed by atoms with Gasteiger partial charge in [-0.3, -0.25) is 10.1 Å². The molecule has 3 amide bonds. The number of nitrogens with one attached hydrogen (secondary N) is 1. The van der Waals surface area contributed by atoms with E-state index in [0.29, 0.717) is 13.1 Å². The Morgan fingerprint density at radius 1 is 1.77 bits per heavy atom. The fourth-order valence-corrected chi connectivity index (χ4v) is 1.45. The van der Waals surface area contributed by atoms with E-state index >= 15 is 0 Å². The largest absolute Gasteiger partial charge is 0.324 e. The van der Waals surface area contributed by atoms with Crippen molar-refractivity contribution in [1.29, 1.82) is 0 Å². The van der Waals surface area contributed by atoms with Crippen molar-refractivity contribution in [3.8, 4) is 0 Å². The van der Waals surface area contributed by atoms with E-state index in [1.807, 2.05) is 0 Å². The topological polar surface area (TPSA) is 49.4 Å². The molecule has 1 aliphatic heterocycles. The molecule has 0 aromatic carbocycles. The summed E-state index contributed by atoms with van der Waals surface area (Å²) in [6.45, 7) is 6.31. The average Bonchev–Trinajstić information content (AvgIpc) is 1.99. The Labute approximate surface area is 85.1 Å². The highest BCUT2D eigenvalue weighted by atomic mass is 79.9. The van der Waals surface area contributed by atoms with Crippen LogP contribution in [0.3, 0.4) is 0 Å². The Morgan fingerprint density at radius 2 is 2.38 bits per heavy atom. The average molecular weight is 247 g/mol. The van der Waals surface area contributed by atoms with E-state index in [0.717, 1.165) is 4.48 Å². The lowest BCUT2D eigenvalue weighted by Crippen LogP contribution is -2.53. The monoisotopic (exact) mass is 246 g/mol. The van der Waals surface area contributed by atoms with Gasteiger partial charge in [0.25, 0.3) is 0 Å². The van der Waals surface area contributed by atoms with Gasteiger partial charge in [-0.15, -0.1) is 0 Å². The van der Waals surface area contributed by atoms with E-state index in [1.165, 1.54) is 0 Å². The fraction of sp³-hybridized carbons (Fsp3) is 0.500. The minimum Gasteiger partial charge on any atom is -0.319 e. The summed E-state index contributed by atoms with van der Waals surface area (Å²) in [6.07, 6.45) is 0. The number of carbonyl (C=O) groups is 2. The first-order valence-electron chi connectivity index (χ1n) is 3.93. The number of rotatable bonds is 2. The zero-order chi connectivity index (χ0) is 10.0. The van der Waals surface area contributed by atoms with Crippen LogP contribution in [0.1, 0.15) is 6.92 Å². The second-order valence-corrected chi connectivity index (χ2v) is 4.21. The molecule has 1 saturated heterocycles. The summed E-state index contributed by atoms with van der Waals surface area (Å²) in [7, 11) is 0. The molecule has 0 bridgehead atoms. The lowest BCUT2D eigenvalue weighted by molar-refractivity contribution is -0.125. The summed E-state index contributed by atoms with van der Waals surface area (Å²) in [5.41, 5.74) is 0. The summed E-state index contributed by atoms with van der Waals surface area (Å²) in [5, 5.41) is 2.27. The van der Waals surface area contributed by atoms with Crippen molar-refractivity contribution in [1.82, 2.24) is 10.2 Å². The van der Waals surface area contributed by atoms with Crippen molar-refractivity contribution in [3.05, 3.63) is 11.1 Å². The highest BCUT2D eigenvalue weighted by molar-refractivity contribution is 9.11. The molecule has 1 N–H and O–H groups in total. The summed E-state index contributed by atoms with van der Waals surface area (Å²) in [6, 6.07) is -0.344. The fourth-order valence-electron chi connectivity index (χ4n) is 1.15. The predicted molar refractivity (Wildman–Crippen MR) is 52.3 cm³/mol. The Bertz CT molecular complexity index is 265. The van der Waals surface area contributed by atoms with Gasteiger partial charge in [-0.05, 0) is 0 Å². The van der Waals surface area contributed by atoms with Gasteiger partial charge >= 0.3 is 6.03 Å². The van der Waals surface area contributed by atoms with Crippen molar-refractivity contribution in [2.75, 3.05) is 13.1 Å². The zero-order valence-electron chi connectivity index (χ0n) is 7.34. The third-order valence-electron chi connectivity index (χ3n) is 1.82. The molecule has 13 heavy (non-hydrogen) atoms. The predicted octanol–water partition coefficient (Wildman–Crippen LogP) is 1.08. The van der Waals surface area contributed by atoms with E-state index in [2.05, 4.69) is 27.8 Å². The third-order valence-corrected chi connectivity index (χ3v) is 2.07. The molecule has 0 aromatic rings. The standard InChI is InChI=1S/C8H11BrN2O2/c1-5-3-11(4-6(2)9)8(13)10-7(5)12/h5H,2-4H2,1H3,(H,10,12,13). The van der Waals surface area contributed by atoms with Gasteiger partial charge in [0.2, 0.25) is 5.91 Å². The van der Waals surface area contributed by atoms with Crippen LogP contribution in [-0.4, -0.2) is 29.9 Å². The van der Waals surface area contributed by atoms with Gasteiger partial charge in [-0.2, -0.15) is 0 Å². The minimum absolute atomic E-state index is 0.149. The molecule has 1 unspecified atom stereocenters. The first-order valence-corrected chi connectivity index (χ1v) is 4.73. The van der Waals surface area contributed by atoms with Gasteiger partial charge in [0.05, 0.1) is 12.5 Å². The normalized spacial score (nSPS) is 22.9. The van der Waals surface area contributed by atoms with Crippen molar-refractivity contribution in [2.24, 2.45) is 5.92 Å². The van der Waals surface area contributed by atoms with Gasteiger partial charge in [-0.1, -0.05) is 29.4 Å². The molecule has 72 valence electrons. The molecule has 1 heterocycles. The minimum atomic E-state index is -0.344. The van der Waals surface area contributed by atoms with Crippen LogP contribution in [-0.2, 0) is 4.79 Å². The quantitative estimate of drug-likeness (QED) is 0.793. The van der Waals surface area contributed by atoms with Crippen LogP contribution in [0, 0.1) is 5.92 Å².